The van der Waals surface area contributed by atoms with Crippen LogP contribution in [0.5, 0.6) is 5.75 Å². The van der Waals surface area contributed by atoms with Crippen molar-refractivity contribution in [1.29, 1.82) is 5.26 Å². The fraction of sp³-hybridized carbons (Fsp3) is 0.250. The van der Waals surface area contributed by atoms with Crippen LogP contribution in [0.3, 0.4) is 0 Å². The molecule has 0 spiro atoms. The molecule has 0 aromatic heterocycles. The lowest BCUT2D eigenvalue weighted by Gasteiger charge is -2.13. The van der Waals surface area contributed by atoms with Crippen molar-refractivity contribution in [2.45, 2.75) is 13.5 Å². The Hall–Kier alpha value is -2.49. The third kappa shape index (κ3) is 3.25. The van der Waals surface area contributed by atoms with E-state index in [0.717, 1.165) is 12.1 Å². The SMILES string of the molecule is CCOC(=O)c1c(C#N)ccc(C=O)c1OC(F)F. The molecule has 1 rings (SSSR count). The zero-order valence-corrected chi connectivity index (χ0v) is 9.85. The highest BCUT2D eigenvalue weighted by atomic mass is 19.3. The zero-order chi connectivity index (χ0) is 14.4. The minimum Gasteiger partial charge on any atom is -0.462 e. The number of carbonyl (C=O) groups is 2. The number of nitrogens with zero attached hydrogens (tertiary/aromatic N) is 1. The molecule has 0 aliphatic carbocycles. The van der Waals surface area contributed by atoms with Gasteiger partial charge in [0.15, 0.2) is 12.0 Å². The van der Waals surface area contributed by atoms with Gasteiger partial charge in [-0.05, 0) is 19.1 Å². The highest BCUT2D eigenvalue weighted by Crippen LogP contribution is 2.28. The van der Waals surface area contributed by atoms with E-state index in [1.54, 1.807) is 6.07 Å². The van der Waals surface area contributed by atoms with Crippen molar-refractivity contribution < 1.29 is 27.8 Å². The Bertz CT molecular complexity index is 537. The summed E-state index contributed by atoms with van der Waals surface area (Å²) >= 11 is 0. The molecule has 0 fully saturated rings. The van der Waals surface area contributed by atoms with Gasteiger partial charge in [-0.3, -0.25) is 4.79 Å². The van der Waals surface area contributed by atoms with E-state index in [-0.39, 0.29) is 24.0 Å². The van der Waals surface area contributed by atoms with Gasteiger partial charge in [-0.1, -0.05) is 0 Å². The van der Waals surface area contributed by atoms with Crippen molar-refractivity contribution >= 4 is 12.3 Å². The predicted molar refractivity (Wildman–Crippen MR) is 59.1 cm³/mol. The molecule has 19 heavy (non-hydrogen) atoms. The summed E-state index contributed by atoms with van der Waals surface area (Å²) in [5.41, 5.74) is -0.948. The maximum absolute atomic E-state index is 12.3. The lowest BCUT2D eigenvalue weighted by Crippen LogP contribution is -2.14. The monoisotopic (exact) mass is 269 g/mol. The number of rotatable bonds is 5. The molecule has 0 atom stereocenters. The van der Waals surface area contributed by atoms with Gasteiger partial charge in [-0.2, -0.15) is 14.0 Å². The summed E-state index contributed by atoms with van der Waals surface area (Å²) in [6.07, 6.45) is 0.252. The van der Waals surface area contributed by atoms with E-state index in [1.165, 1.54) is 6.92 Å². The van der Waals surface area contributed by atoms with Crippen LogP contribution < -0.4 is 4.74 Å². The quantitative estimate of drug-likeness (QED) is 0.604. The van der Waals surface area contributed by atoms with Crippen LogP contribution in [0.25, 0.3) is 0 Å². The Morgan fingerprint density at radius 1 is 1.53 bits per heavy atom. The molecule has 1 aromatic rings. The molecule has 0 saturated carbocycles. The fourth-order valence-electron chi connectivity index (χ4n) is 1.41. The molecule has 0 aliphatic heterocycles. The van der Waals surface area contributed by atoms with Crippen LogP contribution in [-0.4, -0.2) is 25.5 Å². The van der Waals surface area contributed by atoms with E-state index in [4.69, 9.17) is 5.26 Å². The Balaban J connectivity index is 3.47. The molecule has 100 valence electrons. The summed E-state index contributed by atoms with van der Waals surface area (Å²) in [6, 6.07) is 3.94. The lowest BCUT2D eigenvalue weighted by atomic mass is 10.0. The highest BCUT2D eigenvalue weighted by molar-refractivity contribution is 5.98. The maximum Gasteiger partial charge on any atom is 0.387 e. The first-order valence-corrected chi connectivity index (χ1v) is 5.19. The second-order valence-corrected chi connectivity index (χ2v) is 3.24. The molecule has 7 heteroatoms. The molecule has 0 unspecified atom stereocenters. The van der Waals surface area contributed by atoms with E-state index in [2.05, 4.69) is 9.47 Å². The average molecular weight is 269 g/mol. The molecule has 0 N–H and O–H groups in total. The summed E-state index contributed by atoms with van der Waals surface area (Å²) < 4.78 is 33.5. The van der Waals surface area contributed by atoms with E-state index < -0.39 is 23.9 Å². The summed E-state index contributed by atoms with van der Waals surface area (Å²) in [4.78, 5) is 22.5. The van der Waals surface area contributed by atoms with Crippen molar-refractivity contribution in [2.75, 3.05) is 6.61 Å². The fourth-order valence-corrected chi connectivity index (χ4v) is 1.41. The van der Waals surface area contributed by atoms with E-state index in [9.17, 15) is 18.4 Å². The van der Waals surface area contributed by atoms with E-state index in [1.807, 2.05) is 0 Å². The average Bonchev–Trinajstić information content (AvgIpc) is 2.37. The molecular weight excluding hydrogens is 260 g/mol. The minimum absolute atomic E-state index is 0.0108. The van der Waals surface area contributed by atoms with Gasteiger partial charge in [-0.25, -0.2) is 4.79 Å². The summed E-state index contributed by atoms with van der Waals surface area (Å²) in [5.74, 6) is -1.65. The number of hydrogen-bond donors (Lipinski definition) is 0. The Morgan fingerprint density at radius 2 is 2.21 bits per heavy atom. The van der Waals surface area contributed by atoms with Crippen molar-refractivity contribution in [3.63, 3.8) is 0 Å². The maximum atomic E-state index is 12.3. The predicted octanol–water partition coefficient (Wildman–Crippen LogP) is 2.15. The molecule has 0 radical (unpaired) electrons. The lowest BCUT2D eigenvalue weighted by molar-refractivity contribution is -0.0506. The van der Waals surface area contributed by atoms with Gasteiger partial charge in [0.25, 0.3) is 0 Å². The van der Waals surface area contributed by atoms with Crippen molar-refractivity contribution in [2.24, 2.45) is 0 Å². The zero-order valence-electron chi connectivity index (χ0n) is 9.85. The molecule has 0 amide bonds. The number of benzene rings is 1. The number of hydrogen-bond acceptors (Lipinski definition) is 5. The van der Waals surface area contributed by atoms with Gasteiger partial charge >= 0.3 is 12.6 Å². The number of ether oxygens (including phenoxy) is 2. The van der Waals surface area contributed by atoms with E-state index >= 15 is 0 Å². The smallest absolute Gasteiger partial charge is 0.387 e. The molecule has 0 heterocycles. The van der Waals surface area contributed by atoms with Crippen LogP contribution in [0.15, 0.2) is 12.1 Å². The van der Waals surface area contributed by atoms with Crippen molar-refractivity contribution in [3.05, 3.63) is 28.8 Å². The Morgan fingerprint density at radius 3 is 2.68 bits per heavy atom. The number of carbonyl (C=O) groups excluding carboxylic acids is 2. The van der Waals surface area contributed by atoms with Crippen molar-refractivity contribution in [3.8, 4) is 11.8 Å². The minimum atomic E-state index is -3.24. The summed E-state index contributed by atoms with van der Waals surface area (Å²) in [7, 11) is 0. The number of aldehydes is 1. The van der Waals surface area contributed by atoms with Gasteiger partial charge in [0.05, 0.1) is 17.7 Å². The van der Waals surface area contributed by atoms with Crippen LogP contribution in [0, 0.1) is 11.3 Å². The van der Waals surface area contributed by atoms with Crippen LogP contribution in [-0.2, 0) is 4.74 Å². The first-order chi connectivity index (χ1) is 9.04. The van der Waals surface area contributed by atoms with E-state index in [0.29, 0.717) is 0 Å². The Labute approximate surface area is 107 Å². The largest absolute Gasteiger partial charge is 0.462 e. The highest BCUT2D eigenvalue weighted by Gasteiger charge is 2.24. The topological polar surface area (TPSA) is 76.4 Å². The molecule has 0 bridgehead atoms. The Kier molecular flexibility index (Phi) is 4.94. The van der Waals surface area contributed by atoms with Crippen molar-refractivity contribution in [1.82, 2.24) is 0 Å². The van der Waals surface area contributed by atoms with Crippen LogP contribution >= 0.6 is 0 Å². The van der Waals surface area contributed by atoms with Gasteiger partial charge < -0.3 is 9.47 Å². The molecule has 1 aromatic carbocycles. The van der Waals surface area contributed by atoms with Crippen LogP contribution in [0.1, 0.15) is 33.2 Å². The number of halogens is 2. The second-order valence-electron chi connectivity index (χ2n) is 3.24. The van der Waals surface area contributed by atoms with Gasteiger partial charge in [0, 0.05) is 0 Å². The van der Waals surface area contributed by atoms with Gasteiger partial charge in [0.1, 0.15) is 11.6 Å². The number of alkyl halides is 2. The standard InChI is InChI=1S/C12H9F2NO4/c1-2-18-11(17)9-7(5-15)3-4-8(6-16)10(9)19-12(13)14/h3-4,6,12H,2H2,1H3. The van der Waals surface area contributed by atoms with Crippen LogP contribution in [0.2, 0.25) is 0 Å². The second kappa shape index (κ2) is 6.44. The molecule has 5 nitrogen and oxygen atoms in total. The van der Waals surface area contributed by atoms with Gasteiger partial charge in [0.2, 0.25) is 0 Å². The normalized spacial score (nSPS) is 9.84. The summed E-state index contributed by atoms with van der Waals surface area (Å²) in [6.45, 7) is -1.73. The summed E-state index contributed by atoms with van der Waals surface area (Å²) in [5, 5.41) is 8.87. The first-order valence-electron chi connectivity index (χ1n) is 5.19. The molecular formula is C12H9F2NO4. The number of nitriles is 1. The van der Waals surface area contributed by atoms with Gasteiger partial charge in [-0.15, -0.1) is 0 Å². The molecule has 0 saturated heterocycles. The molecule has 0 aliphatic rings. The first kappa shape index (κ1) is 14.6. The van der Waals surface area contributed by atoms with Crippen LogP contribution in [0.4, 0.5) is 8.78 Å². The number of esters is 1. The third-order valence-electron chi connectivity index (χ3n) is 2.12. The third-order valence-corrected chi connectivity index (χ3v) is 2.12.